The summed E-state index contributed by atoms with van der Waals surface area (Å²) >= 11 is 0. The van der Waals surface area contributed by atoms with Crippen LogP contribution in [0.25, 0.3) is 12.2 Å². The molecule has 0 fully saturated rings. The fourth-order valence-electron chi connectivity index (χ4n) is 2.98. The van der Waals surface area contributed by atoms with Crippen molar-refractivity contribution in [2.24, 2.45) is 0 Å². The second-order valence-corrected chi connectivity index (χ2v) is 6.30. The number of fused-ring (bicyclic) bond motifs is 1. The maximum atomic E-state index is 12.6. The summed E-state index contributed by atoms with van der Waals surface area (Å²) in [5, 5.41) is 0. The maximum Gasteiger partial charge on any atom is 0.232 e. The summed E-state index contributed by atoms with van der Waals surface area (Å²) in [4.78, 5) is 12.6. The third kappa shape index (κ3) is 3.42. The van der Waals surface area contributed by atoms with E-state index < -0.39 is 0 Å². The molecule has 134 valence electrons. The molecule has 0 atom stereocenters. The Morgan fingerprint density at radius 1 is 1.15 bits per heavy atom. The third-order valence-corrected chi connectivity index (χ3v) is 4.38. The summed E-state index contributed by atoms with van der Waals surface area (Å²) in [6.07, 6.45) is 4.96. The van der Waals surface area contributed by atoms with Gasteiger partial charge in [-0.05, 0) is 41.8 Å². The van der Waals surface area contributed by atoms with Gasteiger partial charge in [0, 0.05) is 12.1 Å². The van der Waals surface area contributed by atoms with Gasteiger partial charge in [-0.25, -0.2) is 0 Å². The lowest BCUT2D eigenvalue weighted by atomic mass is 10.0. The summed E-state index contributed by atoms with van der Waals surface area (Å²) in [7, 11) is 0. The van der Waals surface area contributed by atoms with E-state index in [9.17, 15) is 4.79 Å². The fraction of sp³-hybridized carbons (Fsp3) is 0.0870. The number of aryl methyl sites for hydroxylation is 1. The number of furan rings is 1. The Hall–Kier alpha value is -3.53. The smallest absolute Gasteiger partial charge is 0.232 e. The molecule has 0 radical (unpaired) electrons. The largest absolute Gasteiger partial charge is 0.489 e. The highest BCUT2D eigenvalue weighted by Gasteiger charge is 2.30. The zero-order valence-electron chi connectivity index (χ0n) is 14.9. The van der Waals surface area contributed by atoms with Crippen LogP contribution in [0.4, 0.5) is 0 Å². The molecule has 2 heterocycles. The lowest BCUT2D eigenvalue weighted by Crippen LogP contribution is -2.00. The van der Waals surface area contributed by atoms with E-state index in [1.54, 1.807) is 36.6 Å². The summed E-state index contributed by atoms with van der Waals surface area (Å²) in [6.45, 7) is 6.06. The summed E-state index contributed by atoms with van der Waals surface area (Å²) in [5.41, 5.74) is 3.50. The van der Waals surface area contributed by atoms with Crippen LogP contribution >= 0.6 is 0 Å². The second kappa shape index (κ2) is 7.00. The first-order chi connectivity index (χ1) is 13.1. The van der Waals surface area contributed by atoms with Gasteiger partial charge in [0.15, 0.2) is 5.76 Å². The third-order valence-electron chi connectivity index (χ3n) is 4.38. The minimum atomic E-state index is -0.148. The van der Waals surface area contributed by atoms with E-state index in [4.69, 9.17) is 13.9 Å². The molecule has 27 heavy (non-hydrogen) atoms. The molecule has 3 aromatic rings. The summed E-state index contributed by atoms with van der Waals surface area (Å²) in [6, 6.07) is 15.1. The van der Waals surface area contributed by atoms with Crippen LogP contribution in [0.15, 0.2) is 71.5 Å². The van der Waals surface area contributed by atoms with Gasteiger partial charge in [-0.3, -0.25) is 4.79 Å². The zero-order chi connectivity index (χ0) is 18.8. The highest BCUT2D eigenvalue weighted by atomic mass is 16.5. The molecule has 0 bridgehead atoms. The number of ether oxygens (including phenoxy) is 2. The molecule has 1 aliphatic heterocycles. The summed E-state index contributed by atoms with van der Waals surface area (Å²) < 4.78 is 16.9. The minimum Gasteiger partial charge on any atom is -0.489 e. The Labute approximate surface area is 157 Å². The van der Waals surface area contributed by atoms with Crippen molar-refractivity contribution in [3.8, 4) is 11.5 Å². The highest BCUT2D eigenvalue weighted by molar-refractivity contribution is 6.15. The molecule has 0 spiro atoms. The van der Waals surface area contributed by atoms with Crippen LogP contribution < -0.4 is 9.47 Å². The number of carbonyl (C=O) groups excluding carboxylic acids is 1. The first kappa shape index (κ1) is 16.9. The topological polar surface area (TPSA) is 48.7 Å². The Morgan fingerprint density at radius 2 is 1.96 bits per heavy atom. The van der Waals surface area contributed by atoms with E-state index in [0.29, 0.717) is 29.4 Å². The van der Waals surface area contributed by atoms with Crippen LogP contribution in [0.5, 0.6) is 11.5 Å². The SMILES string of the molecule is C=Cc1ccc(COc2cc(C)c3c(c2)O/C(=C\c2ccco2)C3=O)cc1. The normalized spacial score (nSPS) is 14.1. The Kier molecular flexibility index (Phi) is 4.38. The second-order valence-electron chi connectivity index (χ2n) is 6.30. The first-order valence-corrected chi connectivity index (χ1v) is 8.60. The molecule has 2 aromatic carbocycles. The monoisotopic (exact) mass is 358 g/mol. The van der Waals surface area contributed by atoms with Gasteiger partial charge in [-0.2, -0.15) is 0 Å². The number of hydrogen-bond acceptors (Lipinski definition) is 4. The molecule has 0 amide bonds. The van der Waals surface area contributed by atoms with Gasteiger partial charge >= 0.3 is 0 Å². The zero-order valence-corrected chi connectivity index (χ0v) is 14.9. The molecule has 0 unspecified atom stereocenters. The average Bonchev–Trinajstić information content (AvgIpc) is 3.29. The Bertz CT molecular complexity index is 1020. The predicted octanol–water partition coefficient (Wildman–Crippen LogP) is 5.43. The van der Waals surface area contributed by atoms with Crippen LogP contribution in [-0.4, -0.2) is 5.78 Å². The number of carbonyl (C=O) groups is 1. The van der Waals surface area contributed by atoms with Crippen LogP contribution in [0.3, 0.4) is 0 Å². The number of benzene rings is 2. The predicted molar refractivity (Wildman–Crippen MR) is 104 cm³/mol. The molecule has 0 aliphatic carbocycles. The van der Waals surface area contributed by atoms with Crippen molar-refractivity contribution in [2.75, 3.05) is 0 Å². The van der Waals surface area contributed by atoms with Crippen molar-refractivity contribution < 1.29 is 18.7 Å². The van der Waals surface area contributed by atoms with Crippen molar-refractivity contribution in [1.82, 2.24) is 0 Å². The molecular formula is C23H18O4. The molecule has 0 saturated heterocycles. The van der Waals surface area contributed by atoms with E-state index in [0.717, 1.165) is 16.7 Å². The maximum absolute atomic E-state index is 12.6. The van der Waals surface area contributed by atoms with Crippen molar-refractivity contribution in [2.45, 2.75) is 13.5 Å². The van der Waals surface area contributed by atoms with E-state index >= 15 is 0 Å². The highest BCUT2D eigenvalue weighted by Crippen LogP contribution is 2.37. The van der Waals surface area contributed by atoms with Gasteiger partial charge in [-0.15, -0.1) is 0 Å². The van der Waals surface area contributed by atoms with Gasteiger partial charge in [0.25, 0.3) is 0 Å². The van der Waals surface area contributed by atoms with Crippen LogP contribution in [0, 0.1) is 6.92 Å². The number of rotatable bonds is 5. The number of hydrogen-bond donors (Lipinski definition) is 0. The molecule has 0 N–H and O–H groups in total. The van der Waals surface area contributed by atoms with Gasteiger partial charge < -0.3 is 13.9 Å². The molecule has 4 nitrogen and oxygen atoms in total. The van der Waals surface area contributed by atoms with Crippen molar-refractivity contribution in [3.63, 3.8) is 0 Å². The first-order valence-electron chi connectivity index (χ1n) is 8.60. The molecule has 4 rings (SSSR count). The average molecular weight is 358 g/mol. The minimum absolute atomic E-state index is 0.148. The van der Waals surface area contributed by atoms with Crippen LogP contribution in [-0.2, 0) is 6.61 Å². The fourth-order valence-corrected chi connectivity index (χ4v) is 2.98. The van der Waals surface area contributed by atoms with E-state index in [-0.39, 0.29) is 11.5 Å². The van der Waals surface area contributed by atoms with E-state index in [1.807, 2.05) is 37.3 Å². The van der Waals surface area contributed by atoms with Crippen molar-refractivity contribution in [1.29, 1.82) is 0 Å². The standard InChI is InChI=1S/C23H18O4/c1-3-16-6-8-17(9-7-16)14-26-19-11-15(2)22-20(13-19)27-21(23(22)24)12-18-5-4-10-25-18/h3-13H,1,14H2,2H3/b21-12-. The van der Waals surface area contributed by atoms with Crippen LogP contribution in [0.2, 0.25) is 0 Å². The van der Waals surface area contributed by atoms with Crippen molar-refractivity contribution >= 4 is 17.9 Å². The van der Waals surface area contributed by atoms with E-state index in [1.165, 1.54) is 0 Å². The Balaban J connectivity index is 1.54. The number of Topliss-reactive ketones (excluding diaryl/α,β-unsaturated/α-hetero) is 1. The van der Waals surface area contributed by atoms with Gasteiger partial charge in [0.2, 0.25) is 5.78 Å². The lowest BCUT2D eigenvalue weighted by molar-refractivity contribution is 0.101. The van der Waals surface area contributed by atoms with Crippen molar-refractivity contribution in [3.05, 3.63) is 95.1 Å². The number of ketones is 1. The quantitative estimate of drug-likeness (QED) is 0.571. The molecule has 4 heteroatoms. The molecular weight excluding hydrogens is 340 g/mol. The van der Waals surface area contributed by atoms with E-state index in [2.05, 4.69) is 6.58 Å². The molecule has 1 aliphatic rings. The lowest BCUT2D eigenvalue weighted by Gasteiger charge is -2.09. The summed E-state index contributed by atoms with van der Waals surface area (Å²) in [5.74, 6) is 1.84. The number of allylic oxidation sites excluding steroid dienone is 1. The Morgan fingerprint density at radius 3 is 2.67 bits per heavy atom. The van der Waals surface area contributed by atoms with Gasteiger partial charge in [0.05, 0.1) is 11.8 Å². The van der Waals surface area contributed by atoms with Gasteiger partial charge in [-0.1, -0.05) is 36.9 Å². The van der Waals surface area contributed by atoms with Gasteiger partial charge in [0.1, 0.15) is 23.9 Å². The molecule has 1 aromatic heterocycles. The molecule has 0 saturated carbocycles. The van der Waals surface area contributed by atoms with Crippen LogP contribution in [0.1, 0.15) is 32.8 Å².